The second kappa shape index (κ2) is 4.84. The molecule has 3 heteroatoms. The summed E-state index contributed by atoms with van der Waals surface area (Å²) in [5, 5.41) is 5.37. The number of aryl methyl sites for hydroxylation is 1. The maximum absolute atomic E-state index is 12.5. The molecule has 1 heterocycles. The maximum Gasteiger partial charge on any atom is 0.261 e. The monoisotopic (exact) mass is 303 g/mol. The lowest BCUT2D eigenvalue weighted by Gasteiger charge is -2.59. The highest BCUT2D eigenvalue weighted by Crippen LogP contribution is 2.61. The molecule has 1 aromatic heterocycles. The van der Waals surface area contributed by atoms with Gasteiger partial charge in [0.05, 0.1) is 4.88 Å². The molecule has 1 amide bonds. The molecule has 4 bridgehead atoms. The molecule has 4 aliphatic rings. The van der Waals surface area contributed by atoms with Crippen molar-refractivity contribution in [1.29, 1.82) is 0 Å². The van der Waals surface area contributed by atoms with E-state index in [-0.39, 0.29) is 5.91 Å². The van der Waals surface area contributed by atoms with Crippen LogP contribution >= 0.6 is 11.3 Å². The number of carbonyl (C=O) groups is 1. The van der Waals surface area contributed by atoms with Crippen molar-refractivity contribution >= 4 is 17.2 Å². The Morgan fingerprint density at radius 1 is 1.24 bits per heavy atom. The number of rotatable bonds is 3. The summed E-state index contributed by atoms with van der Waals surface area (Å²) in [6.07, 6.45) is 8.44. The number of amides is 1. The summed E-state index contributed by atoms with van der Waals surface area (Å²) in [5.74, 6) is 2.97. The molecular formula is C18H25NOS. The Bertz CT molecular complexity index is 526. The van der Waals surface area contributed by atoms with Gasteiger partial charge in [-0.15, -0.1) is 11.3 Å². The van der Waals surface area contributed by atoms with Crippen LogP contribution < -0.4 is 5.32 Å². The summed E-state index contributed by atoms with van der Waals surface area (Å²) in [4.78, 5) is 13.4. The highest BCUT2D eigenvalue weighted by atomic mass is 32.1. The fraction of sp³-hybridized carbons (Fsp3) is 0.722. The van der Waals surface area contributed by atoms with Crippen molar-refractivity contribution in [3.8, 4) is 0 Å². The van der Waals surface area contributed by atoms with Crippen molar-refractivity contribution in [2.24, 2.45) is 23.2 Å². The molecule has 0 radical (unpaired) electrons. The Hall–Kier alpha value is -0.830. The van der Waals surface area contributed by atoms with Crippen molar-refractivity contribution in [1.82, 2.24) is 5.32 Å². The average molecular weight is 303 g/mol. The average Bonchev–Trinajstić information content (AvgIpc) is 2.83. The summed E-state index contributed by atoms with van der Waals surface area (Å²) in [6, 6.07) is 2.36. The Balaban J connectivity index is 1.51. The topological polar surface area (TPSA) is 29.1 Å². The first kappa shape index (κ1) is 13.8. The second-order valence-electron chi connectivity index (χ2n) is 7.91. The summed E-state index contributed by atoms with van der Waals surface area (Å²) in [7, 11) is 0. The Kier molecular flexibility index (Phi) is 3.18. The van der Waals surface area contributed by atoms with Crippen LogP contribution in [-0.2, 0) is 0 Å². The highest BCUT2D eigenvalue weighted by molar-refractivity contribution is 7.12. The van der Waals surface area contributed by atoms with Gasteiger partial charge in [0.1, 0.15) is 0 Å². The van der Waals surface area contributed by atoms with Gasteiger partial charge in [0.15, 0.2) is 0 Å². The molecule has 0 spiro atoms. The van der Waals surface area contributed by atoms with Crippen molar-refractivity contribution in [3.05, 3.63) is 21.9 Å². The van der Waals surface area contributed by atoms with Gasteiger partial charge in [-0.1, -0.05) is 0 Å². The molecule has 2 nitrogen and oxygen atoms in total. The van der Waals surface area contributed by atoms with Gasteiger partial charge in [-0.3, -0.25) is 4.79 Å². The minimum absolute atomic E-state index is 0.144. The molecule has 4 saturated carbocycles. The molecule has 1 aromatic rings. The first-order valence-electron chi connectivity index (χ1n) is 8.41. The van der Waals surface area contributed by atoms with Crippen molar-refractivity contribution in [2.75, 3.05) is 0 Å². The van der Waals surface area contributed by atoms with Gasteiger partial charge in [-0.2, -0.15) is 0 Å². The molecular weight excluding hydrogens is 278 g/mol. The summed E-state index contributed by atoms with van der Waals surface area (Å²) >= 11 is 1.56. The van der Waals surface area contributed by atoms with Crippen LogP contribution in [0.25, 0.3) is 0 Å². The zero-order valence-corrected chi connectivity index (χ0v) is 13.8. The van der Waals surface area contributed by atoms with Gasteiger partial charge in [-0.05, 0) is 92.6 Å². The quantitative estimate of drug-likeness (QED) is 0.881. The number of hydrogen-bond acceptors (Lipinski definition) is 2. The van der Waals surface area contributed by atoms with Gasteiger partial charge in [0.25, 0.3) is 5.91 Å². The lowest BCUT2D eigenvalue weighted by molar-refractivity contribution is -0.0687. The van der Waals surface area contributed by atoms with Crippen LogP contribution in [0, 0.1) is 30.1 Å². The molecule has 1 atom stereocenters. The van der Waals surface area contributed by atoms with Crippen LogP contribution in [0.3, 0.4) is 0 Å². The second-order valence-corrected chi connectivity index (χ2v) is 8.82. The number of hydrogen-bond donors (Lipinski definition) is 1. The lowest BCUT2D eigenvalue weighted by atomic mass is 9.48. The third-order valence-corrected chi connectivity index (χ3v) is 7.44. The molecule has 5 rings (SSSR count). The standard InChI is InChI=1S/C18H25NOS/c1-11-3-4-21-16(11)17(20)19-12(2)18-8-13-5-14(9-18)7-15(6-13)10-18/h3-4,12-15H,5-10H2,1-2H3,(H,19,20)/t12-,13?,14?,15?,18?/m1/s1. The molecule has 4 aliphatic carbocycles. The van der Waals surface area contributed by atoms with Crippen LogP contribution in [-0.4, -0.2) is 11.9 Å². The van der Waals surface area contributed by atoms with Crippen LogP contribution in [0.15, 0.2) is 11.4 Å². The molecule has 0 saturated heterocycles. The van der Waals surface area contributed by atoms with Gasteiger partial charge >= 0.3 is 0 Å². The number of thiophene rings is 1. The van der Waals surface area contributed by atoms with Crippen molar-refractivity contribution in [3.63, 3.8) is 0 Å². The maximum atomic E-state index is 12.5. The molecule has 114 valence electrons. The molecule has 4 fully saturated rings. The fourth-order valence-corrected chi connectivity index (χ4v) is 6.56. The van der Waals surface area contributed by atoms with E-state index in [1.165, 1.54) is 38.5 Å². The van der Waals surface area contributed by atoms with Crippen LogP contribution in [0.5, 0.6) is 0 Å². The third-order valence-electron chi connectivity index (χ3n) is 6.42. The molecule has 0 aromatic carbocycles. The third kappa shape index (κ3) is 2.25. The SMILES string of the molecule is Cc1ccsc1C(=O)N[C@H](C)C12CC3CC(CC(C3)C1)C2. The highest BCUT2D eigenvalue weighted by Gasteiger charge is 2.53. The van der Waals surface area contributed by atoms with Gasteiger partial charge in [0.2, 0.25) is 0 Å². The van der Waals surface area contributed by atoms with E-state index in [9.17, 15) is 4.79 Å². The van der Waals surface area contributed by atoms with Crippen molar-refractivity contribution in [2.45, 2.75) is 58.4 Å². The van der Waals surface area contributed by atoms with Crippen molar-refractivity contribution < 1.29 is 4.79 Å². The normalized spacial score (nSPS) is 38.5. The van der Waals surface area contributed by atoms with Gasteiger partial charge in [-0.25, -0.2) is 0 Å². The molecule has 0 aliphatic heterocycles. The summed E-state index contributed by atoms with van der Waals surface area (Å²) in [5.41, 5.74) is 1.51. The molecule has 0 unspecified atom stereocenters. The first-order valence-corrected chi connectivity index (χ1v) is 9.29. The van der Waals surface area contributed by atoms with Crippen LogP contribution in [0.1, 0.15) is 60.7 Å². The molecule has 21 heavy (non-hydrogen) atoms. The van der Waals surface area contributed by atoms with Crippen LogP contribution in [0.2, 0.25) is 0 Å². The van der Waals surface area contributed by atoms with E-state index in [2.05, 4.69) is 12.2 Å². The largest absolute Gasteiger partial charge is 0.348 e. The zero-order chi connectivity index (χ0) is 14.6. The summed E-state index contributed by atoms with van der Waals surface area (Å²) < 4.78 is 0. The van der Waals surface area contributed by atoms with Gasteiger partial charge in [0, 0.05) is 6.04 Å². The van der Waals surface area contributed by atoms with E-state index in [0.29, 0.717) is 11.5 Å². The van der Waals surface area contributed by atoms with E-state index >= 15 is 0 Å². The van der Waals surface area contributed by atoms with E-state index in [4.69, 9.17) is 0 Å². The summed E-state index contributed by atoms with van der Waals surface area (Å²) in [6.45, 7) is 4.29. The van der Waals surface area contributed by atoms with Crippen LogP contribution in [0.4, 0.5) is 0 Å². The van der Waals surface area contributed by atoms with Gasteiger partial charge < -0.3 is 5.32 Å². The Morgan fingerprint density at radius 2 is 1.81 bits per heavy atom. The van der Waals surface area contributed by atoms with E-state index in [0.717, 1.165) is 28.2 Å². The van der Waals surface area contributed by atoms with E-state index < -0.39 is 0 Å². The number of carbonyl (C=O) groups excluding carboxylic acids is 1. The predicted octanol–water partition coefficient (Wildman–Crippen LogP) is 4.39. The first-order chi connectivity index (χ1) is 10.1. The Morgan fingerprint density at radius 3 is 2.29 bits per heavy atom. The minimum Gasteiger partial charge on any atom is -0.348 e. The number of nitrogens with one attached hydrogen (secondary N) is 1. The Labute approximate surface area is 131 Å². The predicted molar refractivity (Wildman–Crippen MR) is 86.6 cm³/mol. The molecule has 1 N–H and O–H groups in total. The zero-order valence-electron chi connectivity index (χ0n) is 13.0. The fourth-order valence-electron chi connectivity index (χ4n) is 5.73. The minimum atomic E-state index is 0.144. The van der Waals surface area contributed by atoms with E-state index in [1.54, 1.807) is 11.3 Å². The smallest absolute Gasteiger partial charge is 0.261 e. The lowest BCUT2D eigenvalue weighted by Crippen LogP contribution is -2.55. The van der Waals surface area contributed by atoms with E-state index in [1.807, 2.05) is 18.4 Å².